The van der Waals surface area contributed by atoms with Gasteiger partial charge in [-0.05, 0) is 50.8 Å². The van der Waals surface area contributed by atoms with Gasteiger partial charge in [0, 0.05) is 37.8 Å². The summed E-state index contributed by atoms with van der Waals surface area (Å²) in [4.78, 5) is 32.6. The van der Waals surface area contributed by atoms with Crippen LogP contribution in [0.5, 0.6) is 0 Å². The van der Waals surface area contributed by atoms with Gasteiger partial charge in [-0.3, -0.25) is 4.79 Å². The number of hydrogen-bond donors (Lipinski definition) is 2. The van der Waals surface area contributed by atoms with Crippen LogP contribution in [0.2, 0.25) is 0 Å². The molecule has 0 bridgehead atoms. The third kappa shape index (κ3) is 4.46. The van der Waals surface area contributed by atoms with Crippen molar-refractivity contribution in [2.24, 2.45) is 0 Å². The lowest BCUT2D eigenvalue weighted by molar-refractivity contribution is 0.0954. The molecule has 0 atom stereocenters. The van der Waals surface area contributed by atoms with Crippen molar-refractivity contribution in [1.29, 1.82) is 0 Å². The highest BCUT2D eigenvalue weighted by Gasteiger charge is 2.31. The Hall–Kier alpha value is -2.78. The number of carbonyl (C=O) groups is 1. The van der Waals surface area contributed by atoms with Crippen LogP contribution in [0, 0.1) is 0 Å². The first-order valence-corrected chi connectivity index (χ1v) is 13.2. The van der Waals surface area contributed by atoms with E-state index in [4.69, 9.17) is 4.98 Å². The number of anilines is 3. The van der Waals surface area contributed by atoms with Crippen LogP contribution in [0.3, 0.4) is 0 Å². The standard InChI is InChI=1S/C25H31N7OS/c1-31-10-12-32(13-11-31)18-8-9-20(26-14-18)29-25-27-15-19-22(30-25)21(16-4-2-3-5-16)23(34-19)24(33)28-17-6-7-17/h8-9,14-17H,2-7,10-13H2,1H3,(H,28,33)(H,26,27,29,30). The van der Waals surface area contributed by atoms with Gasteiger partial charge in [0.1, 0.15) is 5.82 Å². The third-order valence-electron chi connectivity index (χ3n) is 7.21. The SMILES string of the molecule is CN1CCN(c2ccc(Nc3ncc4sc(C(=O)NC5CC5)c(C5CCCC5)c4n3)nc2)CC1. The largest absolute Gasteiger partial charge is 0.368 e. The van der Waals surface area contributed by atoms with E-state index in [1.807, 2.05) is 18.5 Å². The molecule has 4 heterocycles. The van der Waals surface area contributed by atoms with E-state index in [0.29, 0.717) is 17.9 Å². The molecule has 0 unspecified atom stereocenters. The Balaban J connectivity index is 1.25. The molecule has 9 heteroatoms. The Bertz CT molecular complexity index is 1180. The van der Waals surface area contributed by atoms with Gasteiger partial charge in [-0.1, -0.05) is 12.8 Å². The molecular weight excluding hydrogens is 446 g/mol. The molecule has 0 aromatic carbocycles. The summed E-state index contributed by atoms with van der Waals surface area (Å²) >= 11 is 1.53. The molecular formula is C25H31N7OS. The molecule has 1 amide bonds. The monoisotopic (exact) mass is 477 g/mol. The van der Waals surface area contributed by atoms with E-state index in [0.717, 1.165) is 84.0 Å². The van der Waals surface area contributed by atoms with Crippen molar-refractivity contribution in [1.82, 2.24) is 25.2 Å². The van der Waals surface area contributed by atoms with Gasteiger partial charge in [0.15, 0.2) is 0 Å². The molecule has 3 aromatic heterocycles. The molecule has 8 nitrogen and oxygen atoms in total. The van der Waals surface area contributed by atoms with Gasteiger partial charge in [-0.15, -0.1) is 11.3 Å². The van der Waals surface area contributed by atoms with Crippen LogP contribution in [0.15, 0.2) is 24.5 Å². The van der Waals surface area contributed by atoms with Crippen LogP contribution >= 0.6 is 11.3 Å². The van der Waals surface area contributed by atoms with Gasteiger partial charge in [-0.25, -0.2) is 15.0 Å². The van der Waals surface area contributed by atoms with Crippen LogP contribution in [0.25, 0.3) is 10.2 Å². The second-order valence-electron chi connectivity index (χ2n) is 9.80. The predicted molar refractivity (Wildman–Crippen MR) is 136 cm³/mol. The first kappa shape index (κ1) is 21.7. The number of nitrogens with zero attached hydrogens (tertiary/aromatic N) is 5. The maximum absolute atomic E-state index is 13.0. The average Bonchev–Trinajstić information content (AvgIpc) is 3.35. The number of thiophene rings is 1. The Labute approximate surface area is 203 Å². The molecule has 2 aliphatic carbocycles. The van der Waals surface area contributed by atoms with Crippen molar-refractivity contribution in [2.75, 3.05) is 43.4 Å². The van der Waals surface area contributed by atoms with E-state index in [2.05, 4.69) is 43.5 Å². The molecule has 2 N–H and O–H groups in total. The Morgan fingerprint density at radius 2 is 1.82 bits per heavy atom. The zero-order valence-electron chi connectivity index (χ0n) is 19.6. The molecule has 6 rings (SSSR count). The molecule has 34 heavy (non-hydrogen) atoms. The van der Waals surface area contributed by atoms with Crippen LogP contribution in [-0.2, 0) is 0 Å². The smallest absolute Gasteiger partial charge is 0.261 e. The number of hydrogen-bond acceptors (Lipinski definition) is 8. The van der Waals surface area contributed by atoms with E-state index in [1.54, 1.807) is 0 Å². The van der Waals surface area contributed by atoms with Gasteiger partial charge in [0.25, 0.3) is 5.91 Å². The van der Waals surface area contributed by atoms with Crippen LogP contribution in [-0.4, -0.2) is 65.0 Å². The van der Waals surface area contributed by atoms with E-state index < -0.39 is 0 Å². The van der Waals surface area contributed by atoms with E-state index in [9.17, 15) is 4.79 Å². The fourth-order valence-electron chi connectivity index (χ4n) is 5.04. The van der Waals surface area contributed by atoms with E-state index in [1.165, 1.54) is 24.2 Å². The first-order chi connectivity index (χ1) is 16.6. The highest BCUT2D eigenvalue weighted by Crippen LogP contribution is 2.43. The van der Waals surface area contributed by atoms with Crippen LogP contribution in [0.4, 0.5) is 17.5 Å². The molecule has 3 aliphatic rings. The van der Waals surface area contributed by atoms with Gasteiger partial charge in [0.05, 0.1) is 33.2 Å². The maximum Gasteiger partial charge on any atom is 0.261 e. The minimum atomic E-state index is 0.0584. The Kier molecular flexibility index (Phi) is 5.82. The van der Waals surface area contributed by atoms with Crippen molar-refractivity contribution in [3.8, 4) is 0 Å². The first-order valence-electron chi connectivity index (χ1n) is 12.4. The maximum atomic E-state index is 13.0. The van der Waals surface area contributed by atoms with Crippen LogP contribution < -0.4 is 15.5 Å². The number of pyridine rings is 1. The van der Waals surface area contributed by atoms with E-state index >= 15 is 0 Å². The quantitative estimate of drug-likeness (QED) is 0.552. The summed E-state index contributed by atoms with van der Waals surface area (Å²) in [5.41, 5.74) is 3.19. The number of aromatic nitrogens is 3. The Morgan fingerprint density at radius 3 is 2.53 bits per heavy atom. The van der Waals surface area contributed by atoms with E-state index in [-0.39, 0.29) is 5.91 Å². The summed E-state index contributed by atoms with van der Waals surface area (Å²) in [5.74, 6) is 1.71. The second kappa shape index (κ2) is 9.11. The number of amides is 1. The zero-order valence-corrected chi connectivity index (χ0v) is 20.4. The predicted octanol–water partition coefficient (Wildman–Crippen LogP) is 4.13. The molecule has 2 saturated carbocycles. The summed E-state index contributed by atoms with van der Waals surface area (Å²) in [6.45, 7) is 4.17. The fraction of sp³-hybridized carbons (Fsp3) is 0.520. The minimum absolute atomic E-state index is 0.0584. The highest BCUT2D eigenvalue weighted by molar-refractivity contribution is 7.21. The number of rotatable bonds is 6. The lowest BCUT2D eigenvalue weighted by Gasteiger charge is -2.33. The van der Waals surface area contributed by atoms with Gasteiger partial charge in [0.2, 0.25) is 5.95 Å². The van der Waals surface area contributed by atoms with Crippen LogP contribution in [0.1, 0.15) is 59.7 Å². The lowest BCUT2D eigenvalue weighted by Crippen LogP contribution is -2.44. The van der Waals surface area contributed by atoms with Gasteiger partial charge in [-0.2, -0.15) is 0 Å². The summed E-state index contributed by atoms with van der Waals surface area (Å²) in [6.07, 6.45) is 10.6. The summed E-state index contributed by atoms with van der Waals surface area (Å²) in [6, 6.07) is 4.44. The molecule has 0 spiro atoms. The molecule has 178 valence electrons. The van der Waals surface area contributed by atoms with Crippen molar-refractivity contribution in [2.45, 2.75) is 50.5 Å². The number of nitrogens with one attached hydrogen (secondary N) is 2. The van der Waals surface area contributed by atoms with Crippen molar-refractivity contribution >= 4 is 44.9 Å². The molecule has 3 aromatic rings. The molecule has 1 aliphatic heterocycles. The summed E-state index contributed by atoms with van der Waals surface area (Å²) < 4.78 is 0.978. The lowest BCUT2D eigenvalue weighted by atomic mass is 9.96. The molecule has 1 saturated heterocycles. The summed E-state index contributed by atoms with van der Waals surface area (Å²) in [5, 5.41) is 6.45. The average molecular weight is 478 g/mol. The van der Waals surface area contributed by atoms with Gasteiger partial charge >= 0.3 is 0 Å². The molecule has 3 fully saturated rings. The number of likely N-dealkylation sites (N-methyl/N-ethyl adjacent to an activating group) is 1. The normalized spacial score (nSPS) is 19.6. The third-order valence-corrected chi connectivity index (χ3v) is 8.33. The number of fused-ring (bicyclic) bond motifs is 1. The number of piperazine rings is 1. The van der Waals surface area contributed by atoms with Crippen molar-refractivity contribution in [3.05, 3.63) is 35.0 Å². The van der Waals surface area contributed by atoms with Crippen molar-refractivity contribution < 1.29 is 4.79 Å². The van der Waals surface area contributed by atoms with Crippen molar-refractivity contribution in [3.63, 3.8) is 0 Å². The number of carbonyl (C=O) groups excluding carboxylic acids is 1. The molecule has 0 radical (unpaired) electrons. The topological polar surface area (TPSA) is 86.3 Å². The minimum Gasteiger partial charge on any atom is -0.368 e. The Morgan fingerprint density at radius 1 is 1.03 bits per heavy atom. The zero-order chi connectivity index (χ0) is 23.1. The fourth-order valence-corrected chi connectivity index (χ4v) is 6.14. The highest BCUT2D eigenvalue weighted by atomic mass is 32.1. The summed E-state index contributed by atoms with van der Waals surface area (Å²) in [7, 11) is 2.16. The second-order valence-corrected chi connectivity index (χ2v) is 10.8. The van der Waals surface area contributed by atoms with Gasteiger partial charge < -0.3 is 20.4 Å².